The van der Waals surface area contributed by atoms with Crippen molar-refractivity contribution in [3.05, 3.63) is 24.3 Å². The molecule has 0 saturated heterocycles. The van der Waals surface area contributed by atoms with Gasteiger partial charge in [0.1, 0.15) is 11.4 Å². The lowest BCUT2D eigenvalue weighted by Gasteiger charge is -2.37. The summed E-state index contributed by atoms with van der Waals surface area (Å²) >= 11 is 0. The van der Waals surface area contributed by atoms with Gasteiger partial charge in [-0.2, -0.15) is 0 Å². The van der Waals surface area contributed by atoms with Crippen LogP contribution in [0.25, 0.3) is 0 Å². The van der Waals surface area contributed by atoms with Crippen molar-refractivity contribution in [1.29, 1.82) is 0 Å². The average Bonchev–Trinajstić information content (AvgIpc) is 2.48. The zero-order chi connectivity index (χ0) is 16.2. The number of amides is 1. The molecule has 1 aromatic rings. The predicted molar refractivity (Wildman–Crippen MR) is 88.2 cm³/mol. The summed E-state index contributed by atoms with van der Waals surface area (Å²) in [4.78, 5) is 12.7. The van der Waals surface area contributed by atoms with Crippen LogP contribution in [0.3, 0.4) is 0 Å². The second kappa shape index (κ2) is 7.14. The number of hydrogen-bond acceptors (Lipinski definition) is 3. The molecule has 0 unspecified atom stereocenters. The highest BCUT2D eigenvalue weighted by atomic mass is 16.5. The first-order valence-corrected chi connectivity index (χ1v) is 8.08. The van der Waals surface area contributed by atoms with E-state index in [1.165, 1.54) is 6.42 Å². The third kappa shape index (κ3) is 4.01. The molecule has 1 amide bonds. The highest BCUT2D eigenvalue weighted by molar-refractivity contribution is 5.97. The van der Waals surface area contributed by atoms with Crippen molar-refractivity contribution in [2.75, 3.05) is 12.4 Å². The second-order valence-electron chi connectivity index (χ2n) is 6.55. The Labute approximate surface area is 133 Å². The molecule has 1 aromatic carbocycles. The summed E-state index contributed by atoms with van der Waals surface area (Å²) in [7, 11) is 1.64. The fourth-order valence-corrected chi connectivity index (χ4v) is 3.12. The fourth-order valence-electron chi connectivity index (χ4n) is 3.12. The van der Waals surface area contributed by atoms with Gasteiger partial charge >= 0.3 is 0 Å². The number of benzene rings is 1. The summed E-state index contributed by atoms with van der Waals surface area (Å²) in [5, 5.41) is 2.98. The highest BCUT2D eigenvalue weighted by Gasteiger charge is 2.41. The third-order valence-corrected chi connectivity index (χ3v) is 4.24. The molecule has 2 atom stereocenters. The minimum atomic E-state index is -0.690. The molecule has 0 spiro atoms. The van der Waals surface area contributed by atoms with Crippen LogP contribution in [0.4, 0.5) is 5.69 Å². The molecule has 2 rings (SSSR count). The van der Waals surface area contributed by atoms with Gasteiger partial charge in [-0.1, -0.05) is 13.3 Å². The molecule has 0 aliphatic heterocycles. The molecule has 0 heterocycles. The van der Waals surface area contributed by atoms with Crippen LogP contribution >= 0.6 is 0 Å². The van der Waals surface area contributed by atoms with Crippen molar-refractivity contribution in [2.24, 2.45) is 5.92 Å². The van der Waals surface area contributed by atoms with Gasteiger partial charge in [-0.25, -0.2) is 0 Å². The average molecular weight is 305 g/mol. The minimum Gasteiger partial charge on any atom is -0.491 e. The smallest absolute Gasteiger partial charge is 0.256 e. The maximum Gasteiger partial charge on any atom is 0.256 e. The van der Waals surface area contributed by atoms with E-state index in [0.29, 0.717) is 5.92 Å². The van der Waals surface area contributed by atoms with Gasteiger partial charge in [0.05, 0.1) is 6.10 Å². The van der Waals surface area contributed by atoms with E-state index >= 15 is 0 Å². The fraction of sp³-hybridized carbons (Fsp3) is 0.611. The van der Waals surface area contributed by atoms with Gasteiger partial charge in [-0.05, 0) is 63.3 Å². The summed E-state index contributed by atoms with van der Waals surface area (Å²) in [5.74, 6) is 1.28. The quantitative estimate of drug-likeness (QED) is 0.894. The van der Waals surface area contributed by atoms with Crippen LogP contribution in [-0.2, 0) is 9.53 Å². The van der Waals surface area contributed by atoms with Crippen LogP contribution < -0.4 is 10.1 Å². The van der Waals surface area contributed by atoms with E-state index in [9.17, 15) is 4.79 Å². The Bertz CT molecular complexity index is 498. The Hall–Kier alpha value is -1.55. The molecule has 1 aliphatic carbocycles. The monoisotopic (exact) mass is 305 g/mol. The van der Waals surface area contributed by atoms with Gasteiger partial charge in [0.15, 0.2) is 0 Å². The van der Waals surface area contributed by atoms with Crippen molar-refractivity contribution in [2.45, 2.75) is 58.2 Å². The van der Waals surface area contributed by atoms with Crippen molar-refractivity contribution in [3.63, 3.8) is 0 Å². The summed E-state index contributed by atoms with van der Waals surface area (Å²) in [6, 6.07) is 7.48. The molecular formula is C18H27NO3. The van der Waals surface area contributed by atoms with E-state index in [-0.39, 0.29) is 12.0 Å². The van der Waals surface area contributed by atoms with Gasteiger partial charge in [0.2, 0.25) is 0 Å². The van der Waals surface area contributed by atoms with Crippen molar-refractivity contribution < 1.29 is 14.3 Å². The molecule has 1 aliphatic rings. The normalized spacial score (nSPS) is 25.0. The molecular weight excluding hydrogens is 278 g/mol. The molecule has 0 radical (unpaired) electrons. The van der Waals surface area contributed by atoms with Crippen LogP contribution in [0.1, 0.15) is 46.5 Å². The number of nitrogens with one attached hydrogen (secondary N) is 1. The number of hydrogen-bond donors (Lipinski definition) is 1. The van der Waals surface area contributed by atoms with Crippen molar-refractivity contribution in [3.8, 4) is 5.75 Å². The number of methoxy groups -OCH3 is 1. The minimum absolute atomic E-state index is 0.0425. The topological polar surface area (TPSA) is 47.6 Å². The maximum absolute atomic E-state index is 12.7. The van der Waals surface area contributed by atoms with Gasteiger partial charge in [0.25, 0.3) is 5.91 Å². The number of carbonyl (C=O) groups excluding carboxylic acids is 1. The lowest BCUT2D eigenvalue weighted by molar-refractivity contribution is -0.143. The third-order valence-electron chi connectivity index (χ3n) is 4.24. The van der Waals surface area contributed by atoms with Crippen LogP contribution in [0.5, 0.6) is 5.75 Å². The molecule has 0 aromatic heterocycles. The van der Waals surface area contributed by atoms with Gasteiger partial charge in [-0.15, -0.1) is 0 Å². The van der Waals surface area contributed by atoms with E-state index in [1.54, 1.807) is 7.11 Å². The van der Waals surface area contributed by atoms with Gasteiger partial charge < -0.3 is 14.8 Å². The van der Waals surface area contributed by atoms with Gasteiger partial charge in [-0.3, -0.25) is 4.79 Å². The Morgan fingerprint density at radius 3 is 2.55 bits per heavy atom. The Balaban J connectivity index is 2.04. The number of ether oxygens (including phenoxy) is 2. The number of rotatable bonds is 5. The van der Waals surface area contributed by atoms with Crippen molar-refractivity contribution in [1.82, 2.24) is 0 Å². The van der Waals surface area contributed by atoms with E-state index < -0.39 is 5.60 Å². The first-order valence-electron chi connectivity index (χ1n) is 8.08. The molecule has 4 heteroatoms. The van der Waals surface area contributed by atoms with Crippen LogP contribution in [0.2, 0.25) is 0 Å². The van der Waals surface area contributed by atoms with E-state index in [1.807, 2.05) is 38.1 Å². The Morgan fingerprint density at radius 2 is 2.00 bits per heavy atom. The van der Waals surface area contributed by atoms with E-state index in [2.05, 4.69) is 12.2 Å². The van der Waals surface area contributed by atoms with Crippen molar-refractivity contribution >= 4 is 11.6 Å². The molecule has 4 nitrogen and oxygen atoms in total. The predicted octanol–water partition coefficient (Wildman–Crippen LogP) is 4.01. The maximum atomic E-state index is 12.7. The highest BCUT2D eigenvalue weighted by Crippen LogP contribution is 2.35. The first-order chi connectivity index (χ1) is 10.4. The Morgan fingerprint density at radius 1 is 1.32 bits per heavy atom. The Kier molecular flexibility index (Phi) is 5.46. The van der Waals surface area contributed by atoms with Crippen LogP contribution in [-0.4, -0.2) is 24.7 Å². The van der Waals surface area contributed by atoms with Gasteiger partial charge in [0, 0.05) is 12.8 Å². The molecule has 1 N–H and O–H groups in total. The summed E-state index contributed by atoms with van der Waals surface area (Å²) in [6.45, 7) is 6.16. The number of carbonyl (C=O) groups is 1. The molecule has 1 fully saturated rings. The summed E-state index contributed by atoms with van der Waals surface area (Å²) < 4.78 is 11.2. The standard InChI is InChI=1S/C18H27NO3/c1-13(2)22-16-9-7-15(8-10-16)19-17(20)18(21-4)11-5-6-14(3)12-18/h7-10,13-14H,5-6,11-12H2,1-4H3,(H,19,20)/t14-,18-/m0/s1. The first kappa shape index (κ1) is 16.8. The van der Waals surface area contributed by atoms with E-state index in [4.69, 9.17) is 9.47 Å². The lowest BCUT2D eigenvalue weighted by Crippen LogP contribution is -2.47. The molecule has 1 saturated carbocycles. The SMILES string of the molecule is CO[C@@]1(C(=O)Nc2ccc(OC(C)C)cc2)CCC[C@H](C)C1. The van der Waals surface area contributed by atoms with E-state index in [0.717, 1.165) is 30.7 Å². The largest absolute Gasteiger partial charge is 0.491 e. The van der Waals surface area contributed by atoms with Crippen LogP contribution in [0, 0.1) is 5.92 Å². The molecule has 0 bridgehead atoms. The number of anilines is 1. The summed E-state index contributed by atoms with van der Waals surface area (Å²) in [5.41, 5.74) is 0.0841. The summed E-state index contributed by atoms with van der Waals surface area (Å²) in [6.07, 6.45) is 3.90. The van der Waals surface area contributed by atoms with Crippen LogP contribution in [0.15, 0.2) is 24.3 Å². The molecule has 22 heavy (non-hydrogen) atoms. The lowest BCUT2D eigenvalue weighted by atomic mass is 9.78. The zero-order valence-electron chi connectivity index (χ0n) is 14.0. The second-order valence-corrected chi connectivity index (χ2v) is 6.55. The molecule has 122 valence electrons. The zero-order valence-corrected chi connectivity index (χ0v) is 14.0.